The first-order valence-electron chi connectivity index (χ1n) is 9.94. The van der Waals surface area contributed by atoms with Crippen LogP contribution in [-0.4, -0.2) is 41.6 Å². The second-order valence-electron chi connectivity index (χ2n) is 7.31. The van der Waals surface area contributed by atoms with Crippen LogP contribution in [0.15, 0.2) is 59.5 Å². The number of nitrogens with zero attached hydrogens (tertiary/aromatic N) is 3. The van der Waals surface area contributed by atoms with E-state index in [0.29, 0.717) is 29.5 Å². The van der Waals surface area contributed by atoms with Gasteiger partial charge < -0.3 is 4.74 Å². The normalized spacial score (nSPS) is 14.6. The lowest BCUT2D eigenvalue weighted by Crippen LogP contribution is -2.27. The van der Waals surface area contributed by atoms with Gasteiger partial charge in [-0.15, -0.1) is 0 Å². The van der Waals surface area contributed by atoms with E-state index in [-0.39, 0.29) is 17.1 Å². The summed E-state index contributed by atoms with van der Waals surface area (Å²) in [5.41, 5.74) is 2.35. The van der Waals surface area contributed by atoms with Gasteiger partial charge in [-0.3, -0.25) is 0 Å². The highest BCUT2D eigenvalue weighted by molar-refractivity contribution is 7.89. The Morgan fingerprint density at radius 2 is 1.71 bits per heavy atom. The average Bonchev–Trinajstić information content (AvgIpc) is 3.42. The first-order chi connectivity index (χ1) is 14.9. The van der Waals surface area contributed by atoms with E-state index >= 15 is 0 Å². The van der Waals surface area contributed by atoms with Crippen LogP contribution >= 0.6 is 11.6 Å². The third-order valence-electron chi connectivity index (χ3n) is 5.26. The van der Waals surface area contributed by atoms with E-state index in [1.807, 2.05) is 30.3 Å². The van der Waals surface area contributed by atoms with Crippen molar-refractivity contribution >= 4 is 27.6 Å². The number of benzene rings is 2. The van der Waals surface area contributed by atoms with Crippen molar-refractivity contribution in [1.82, 2.24) is 14.1 Å². The Bertz CT molecular complexity index is 1190. The van der Waals surface area contributed by atoms with Crippen LogP contribution in [0.3, 0.4) is 0 Å². The molecule has 1 aliphatic heterocycles. The van der Waals surface area contributed by atoms with E-state index < -0.39 is 16.0 Å². The fourth-order valence-corrected chi connectivity index (χ4v) is 5.34. The quantitative estimate of drug-likeness (QED) is 0.521. The molecule has 0 N–H and O–H groups in total. The molecular weight excluding hydrogens is 438 g/mol. The summed E-state index contributed by atoms with van der Waals surface area (Å²) in [6.07, 6.45) is 1.74. The Balaban J connectivity index is 1.45. The zero-order chi connectivity index (χ0) is 22.0. The predicted octanol–water partition coefficient (Wildman–Crippen LogP) is 3.98. The minimum absolute atomic E-state index is 0.0375. The topological polar surface area (TPSA) is 81.5 Å². The Morgan fingerprint density at radius 3 is 2.35 bits per heavy atom. The van der Waals surface area contributed by atoms with Crippen LogP contribution < -0.4 is 0 Å². The van der Waals surface area contributed by atoms with Gasteiger partial charge in [0.2, 0.25) is 10.0 Å². The molecule has 0 unspecified atom stereocenters. The number of carbonyl (C=O) groups is 1. The first kappa shape index (κ1) is 21.5. The lowest BCUT2D eigenvalue weighted by molar-refractivity contribution is 0.0472. The van der Waals surface area contributed by atoms with Crippen LogP contribution in [0.5, 0.6) is 0 Å². The van der Waals surface area contributed by atoms with Gasteiger partial charge in [-0.1, -0.05) is 29.8 Å². The molecule has 0 spiro atoms. The first-order valence-corrected chi connectivity index (χ1v) is 11.8. The molecule has 1 aromatic heterocycles. The van der Waals surface area contributed by atoms with E-state index in [2.05, 4.69) is 5.10 Å². The summed E-state index contributed by atoms with van der Waals surface area (Å²) in [7, 11) is -3.52. The molecule has 0 atom stereocenters. The van der Waals surface area contributed by atoms with Crippen molar-refractivity contribution in [2.75, 3.05) is 13.1 Å². The largest absolute Gasteiger partial charge is 0.457 e. The summed E-state index contributed by atoms with van der Waals surface area (Å²) in [6, 6.07) is 15.2. The van der Waals surface area contributed by atoms with Crippen molar-refractivity contribution in [3.63, 3.8) is 0 Å². The molecule has 1 fully saturated rings. The van der Waals surface area contributed by atoms with Gasteiger partial charge in [0.05, 0.1) is 21.8 Å². The number of ether oxygens (including phenoxy) is 1. The Kier molecular flexibility index (Phi) is 6.13. The number of rotatable bonds is 6. The van der Waals surface area contributed by atoms with Gasteiger partial charge in [-0.25, -0.2) is 17.9 Å². The van der Waals surface area contributed by atoms with E-state index in [1.165, 1.54) is 28.6 Å². The van der Waals surface area contributed by atoms with E-state index in [9.17, 15) is 13.2 Å². The molecular formula is C22H22ClN3O4S. The van der Waals surface area contributed by atoms with Crippen molar-refractivity contribution < 1.29 is 17.9 Å². The molecule has 0 bridgehead atoms. The number of aromatic nitrogens is 2. The minimum atomic E-state index is -3.52. The summed E-state index contributed by atoms with van der Waals surface area (Å²) in [6.45, 7) is 2.82. The third kappa shape index (κ3) is 4.37. The summed E-state index contributed by atoms with van der Waals surface area (Å²) in [5, 5.41) is 4.81. The fourth-order valence-electron chi connectivity index (χ4n) is 3.50. The maximum atomic E-state index is 12.6. The monoisotopic (exact) mass is 459 g/mol. The Labute approximate surface area is 186 Å². The van der Waals surface area contributed by atoms with Gasteiger partial charge in [-0.2, -0.15) is 9.40 Å². The highest BCUT2D eigenvalue weighted by atomic mass is 35.5. The number of esters is 1. The third-order valence-corrected chi connectivity index (χ3v) is 7.56. The number of aryl methyl sites for hydroxylation is 1. The number of halogens is 1. The molecule has 9 heteroatoms. The molecule has 0 aliphatic carbocycles. The van der Waals surface area contributed by atoms with Crippen LogP contribution in [0.4, 0.5) is 0 Å². The Morgan fingerprint density at radius 1 is 1.06 bits per heavy atom. The van der Waals surface area contributed by atoms with Crippen LogP contribution in [0, 0.1) is 6.92 Å². The van der Waals surface area contributed by atoms with E-state index in [0.717, 1.165) is 18.5 Å². The minimum Gasteiger partial charge on any atom is -0.457 e. The highest BCUT2D eigenvalue weighted by Gasteiger charge is 2.27. The second-order valence-corrected chi connectivity index (χ2v) is 9.61. The highest BCUT2D eigenvalue weighted by Crippen LogP contribution is 2.25. The molecule has 162 valence electrons. The molecule has 1 saturated heterocycles. The lowest BCUT2D eigenvalue weighted by atomic mass is 10.2. The number of hydrogen-bond donors (Lipinski definition) is 0. The van der Waals surface area contributed by atoms with Crippen LogP contribution in [0.2, 0.25) is 5.15 Å². The van der Waals surface area contributed by atoms with Gasteiger partial charge >= 0.3 is 5.97 Å². The standard InChI is InChI=1S/C22H22ClN3O4S/c1-16-20(21(23)26(24-16)18-7-3-2-4-8-18)15-30-22(27)17-9-11-19(12-10-17)31(28,29)25-13-5-6-14-25/h2-4,7-12H,5-6,13-15H2,1H3. The van der Waals surface area contributed by atoms with Crippen molar-refractivity contribution in [3.05, 3.63) is 76.6 Å². The summed E-state index contributed by atoms with van der Waals surface area (Å²) in [5.74, 6) is -0.562. The maximum absolute atomic E-state index is 12.6. The van der Waals surface area contributed by atoms with E-state index in [1.54, 1.807) is 11.6 Å². The predicted molar refractivity (Wildman–Crippen MR) is 117 cm³/mol. The molecule has 7 nitrogen and oxygen atoms in total. The molecule has 1 aliphatic rings. The number of para-hydroxylation sites is 1. The van der Waals surface area contributed by atoms with Gasteiger partial charge in [0.15, 0.2) is 0 Å². The van der Waals surface area contributed by atoms with Gasteiger partial charge in [0.1, 0.15) is 11.8 Å². The molecule has 0 radical (unpaired) electrons. The molecule has 0 saturated carbocycles. The lowest BCUT2D eigenvalue weighted by Gasteiger charge is -2.15. The zero-order valence-electron chi connectivity index (χ0n) is 17.0. The van der Waals surface area contributed by atoms with Crippen LogP contribution in [-0.2, 0) is 21.4 Å². The SMILES string of the molecule is Cc1nn(-c2ccccc2)c(Cl)c1COC(=O)c1ccc(S(=O)(=O)N2CCCC2)cc1. The smallest absolute Gasteiger partial charge is 0.338 e. The molecule has 2 aromatic carbocycles. The van der Waals surface area contributed by atoms with Crippen molar-refractivity contribution in [2.45, 2.75) is 31.3 Å². The fraction of sp³-hybridized carbons (Fsp3) is 0.273. The summed E-state index contributed by atoms with van der Waals surface area (Å²) < 4.78 is 33.7. The summed E-state index contributed by atoms with van der Waals surface area (Å²) in [4.78, 5) is 12.7. The number of carbonyl (C=O) groups excluding carboxylic acids is 1. The molecule has 3 aromatic rings. The maximum Gasteiger partial charge on any atom is 0.338 e. The van der Waals surface area contributed by atoms with E-state index in [4.69, 9.17) is 16.3 Å². The van der Waals surface area contributed by atoms with Gasteiger partial charge in [-0.05, 0) is 56.2 Å². The van der Waals surface area contributed by atoms with Crippen LogP contribution in [0.1, 0.15) is 34.5 Å². The molecule has 0 amide bonds. The van der Waals surface area contributed by atoms with Gasteiger partial charge in [0.25, 0.3) is 0 Å². The molecule has 31 heavy (non-hydrogen) atoms. The average molecular weight is 460 g/mol. The second kappa shape index (κ2) is 8.82. The number of hydrogen-bond acceptors (Lipinski definition) is 5. The van der Waals surface area contributed by atoms with Crippen molar-refractivity contribution in [2.24, 2.45) is 0 Å². The van der Waals surface area contributed by atoms with Crippen LogP contribution in [0.25, 0.3) is 5.69 Å². The Hall–Kier alpha value is -2.68. The van der Waals surface area contributed by atoms with Crippen molar-refractivity contribution in [3.8, 4) is 5.69 Å². The van der Waals surface area contributed by atoms with Gasteiger partial charge in [0, 0.05) is 18.7 Å². The molecule has 2 heterocycles. The number of sulfonamides is 1. The summed E-state index contributed by atoms with van der Waals surface area (Å²) >= 11 is 6.46. The van der Waals surface area contributed by atoms with Crippen molar-refractivity contribution in [1.29, 1.82) is 0 Å². The zero-order valence-corrected chi connectivity index (χ0v) is 18.6. The molecule has 4 rings (SSSR count).